The van der Waals surface area contributed by atoms with E-state index < -0.39 is 11.8 Å². The van der Waals surface area contributed by atoms with Gasteiger partial charge in [0.05, 0.1) is 26.9 Å². The second kappa shape index (κ2) is 11.6. The Balaban J connectivity index is 1.33. The zero-order chi connectivity index (χ0) is 27.4. The number of carbonyl (C=O) groups is 3. The highest BCUT2D eigenvalue weighted by atomic mass is 16.5. The van der Waals surface area contributed by atoms with E-state index in [2.05, 4.69) is 5.32 Å². The molecule has 1 spiro atoms. The van der Waals surface area contributed by atoms with E-state index in [4.69, 9.17) is 18.9 Å². The zero-order valence-corrected chi connectivity index (χ0v) is 22.4. The van der Waals surface area contributed by atoms with Crippen molar-refractivity contribution >= 4 is 17.7 Å². The van der Waals surface area contributed by atoms with E-state index in [0.29, 0.717) is 61.7 Å². The molecule has 2 atom stereocenters. The Morgan fingerprint density at radius 2 is 1.72 bits per heavy atom. The van der Waals surface area contributed by atoms with Crippen LogP contribution in [0.1, 0.15) is 46.4 Å². The monoisotopic (exact) mass is 537 g/mol. The van der Waals surface area contributed by atoms with Crippen LogP contribution in [0.4, 0.5) is 0 Å². The topological polar surface area (TPSA) is 107 Å². The summed E-state index contributed by atoms with van der Waals surface area (Å²) < 4.78 is 22.6. The lowest BCUT2D eigenvalue weighted by Gasteiger charge is -2.44. The van der Waals surface area contributed by atoms with Gasteiger partial charge in [0, 0.05) is 50.2 Å². The average Bonchev–Trinajstić information content (AvgIpc) is 3.64. The molecule has 10 heteroatoms. The average molecular weight is 538 g/mol. The molecular weight excluding hydrogens is 502 g/mol. The lowest BCUT2D eigenvalue weighted by molar-refractivity contribution is -0.128. The van der Waals surface area contributed by atoms with Gasteiger partial charge in [0.25, 0.3) is 11.8 Å². The Hall–Kier alpha value is -3.63. The fourth-order valence-electron chi connectivity index (χ4n) is 5.64. The first-order valence-corrected chi connectivity index (χ1v) is 13.4. The van der Waals surface area contributed by atoms with E-state index in [-0.39, 0.29) is 30.4 Å². The summed E-state index contributed by atoms with van der Waals surface area (Å²) >= 11 is 0. The van der Waals surface area contributed by atoms with Crippen molar-refractivity contribution < 1.29 is 33.3 Å². The molecule has 2 aromatic rings. The summed E-state index contributed by atoms with van der Waals surface area (Å²) in [7, 11) is 3.07. The number of hydrogen-bond acceptors (Lipinski definition) is 7. The van der Waals surface area contributed by atoms with Gasteiger partial charge in [-0.2, -0.15) is 0 Å². The lowest BCUT2D eigenvalue weighted by atomic mass is 9.96. The van der Waals surface area contributed by atoms with Gasteiger partial charge < -0.3 is 29.2 Å². The summed E-state index contributed by atoms with van der Waals surface area (Å²) in [6.45, 7) is 1.95. The third-order valence-corrected chi connectivity index (χ3v) is 7.79. The van der Waals surface area contributed by atoms with Crippen LogP contribution in [0.5, 0.6) is 11.5 Å². The van der Waals surface area contributed by atoms with Crippen LogP contribution in [0, 0.1) is 0 Å². The molecule has 0 bridgehead atoms. The minimum Gasteiger partial charge on any atom is -0.493 e. The number of likely N-dealkylation sites (tertiary alicyclic amines) is 1. The summed E-state index contributed by atoms with van der Waals surface area (Å²) in [6.07, 6.45) is 2.66. The van der Waals surface area contributed by atoms with E-state index >= 15 is 0 Å². The number of piperidine rings is 1. The third kappa shape index (κ3) is 5.44. The van der Waals surface area contributed by atoms with E-state index in [0.717, 1.165) is 12.8 Å². The number of ether oxygens (including phenoxy) is 4. The Morgan fingerprint density at radius 1 is 0.974 bits per heavy atom. The van der Waals surface area contributed by atoms with Gasteiger partial charge in [0.2, 0.25) is 5.91 Å². The Bertz CT molecular complexity index is 1190. The predicted octanol–water partition coefficient (Wildman–Crippen LogP) is 2.47. The normalized spacial score (nSPS) is 22.1. The van der Waals surface area contributed by atoms with Crippen molar-refractivity contribution in [3.05, 3.63) is 59.7 Å². The van der Waals surface area contributed by atoms with Gasteiger partial charge in [-0.15, -0.1) is 0 Å². The molecule has 0 aromatic heterocycles. The fraction of sp³-hybridized carbons (Fsp3) is 0.483. The number of nitrogens with zero attached hydrogens (tertiary/aromatic N) is 2. The largest absolute Gasteiger partial charge is 0.493 e. The number of methoxy groups -OCH3 is 2. The molecule has 2 aromatic carbocycles. The van der Waals surface area contributed by atoms with E-state index in [1.807, 2.05) is 6.07 Å². The van der Waals surface area contributed by atoms with Gasteiger partial charge in [0.15, 0.2) is 11.5 Å². The molecule has 0 aliphatic carbocycles. The van der Waals surface area contributed by atoms with Crippen LogP contribution in [-0.4, -0.2) is 92.5 Å². The SMILES string of the molecule is COc1ccc(C(=O)N2CCC3(CC2)OC[C@H](C(=O)NC[C@@H]2CCCO2)N3C(=O)c2ccccc2)cc1OC. The molecule has 208 valence electrons. The van der Waals surface area contributed by atoms with Crippen LogP contribution in [0.3, 0.4) is 0 Å². The van der Waals surface area contributed by atoms with Crippen LogP contribution in [0.15, 0.2) is 48.5 Å². The number of benzene rings is 2. The highest BCUT2D eigenvalue weighted by Crippen LogP contribution is 2.39. The number of nitrogens with one attached hydrogen (secondary N) is 1. The minimum absolute atomic E-state index is 0.00524. The fourth-order valence-corrected chi connectivity index (χ4v) is 5.64. The molecule has 3 fully saturated rings. The summed E-state index contributed by atoms with van der Waals surface area (Å²) in [5, 5.41) is 2.97. The number of hydrogen-bond donors (Lipinski definition) is 1. The van der Waals surface area contributed by atoms with Crippen LogP contribution in [0.2, 0.25) is 0 Å². The zero-order valence-electron chi connectivity index (χ0n) is 22.4. The molecule has 3 saturated heterocycles. The van der Waals surface area contributed by atoms with Crippen molar-refractivity contribution in [3.8, 4) is 11.5 Å². The van der Waals surface area contributed by atoms with Crippen molar-refractivity contribution in [2.75, 3.05) is 47.1 Å². The van der Waals surface area contributed by atoms with E-state index in [9.17, 15) is 14.4 Å². The van der Waals surface area contributed by atoms with Crippen LogP contribution in [0.25, 0.3) is 0 Å². The molecule has 0 unspecified atom stereocenters. The van der Waals surface area contributed by atoms with E-state index in [1.54, 1.807) is 59.4 Å². The van der Waals surface area contributed by atoms with Crippen molar-refractivity contribution in [1.29, 1.82) is 0 Å². The van der Waals surface area contributed by atoms with Crippen LogP contribution >= 0.6 is 0 Å². The van der Waals surface area contributed by atoms with E-state index in [1.165, 1.54) is 7.11 Å². The molecule has 3 heterocycles. The molecule has 0 saturated carbocycles. The summed E-state index contributed by atoms with van der Waals surface area (Å²) in [5.41, 5.74) is -0.00430. The molecule has 10 nitrogen and oxygen atoms in total. The molecule has 39 heavy (non-hydrogen) atoms. The molecule has 0 radical (unpaired) electrons. The van der Waals surface area contributed by atoms with Gasteiger partial charge in [-0.3, -0.25) is 19.3 Å². The second-order valence-corrected chi connectivity index (χ2v) is 10.1. The van der Waals surface area contributed by atoms with Gasteiger partial charge >= 0.3 is 0 Å². The van der Waals surface area contributed by atoms with Crippen molar-refractivity contribution in [2.24, 2.45) is 0 Å². The van der Waals surface area contributed by atoms with Gasteiger partial charge in [-0.25, -0.2) is 0 Å². The smallest absolute Gasteiger partial charge is 0.256 e. The van der Waals surface area contributed by atoms with Crippen molar-refractivity contribution in [2.45, 2.75) is 43.6 Å². The Kier molecular flexibility index (Phi) is 8.04. The minimum atomic E-state index is -0.979. The molecular formula is C29H35N3O7. The van der Waals surface area contributed by atoms with Crippen molar-refractivity contribution in [1.82, 2.24) is 15.1 Å². The molecule has 1 N–H and O–H groups in total. The maximum Gasteiger partial charge on any atom is 0.256 e. The Morgan fingerprint density at radius 3 is 2.38 bits per heavy atom. The van der Waals surface area contributed by atoms with Crippen LogP contribution in [-0.2, 0) is 14.3 Å². The highest BCUT2D eigenvalue weighted by molar-refractivity contribution is 5.98. The maximum absolute atomic E-state index is 13.8. The lowest BCUT2D eigenvalue weighted by Crippen LogP contribution is -2.60. The summed E-state index contributed by atoms with van der Waals surface area (Å²) in [5.74, 6) is 0.369. The standard InChI is InChI=1S/C29H35N3O7/c1-36-24-11-10-21(17-25(24)37-2)27(34)31-14-12-29(13-15-31)32(28(35)20-7-4-3-5-8-20)23(19-39-29)26(33)30-18-22-9-6-16-38-22/h3-5,7-8,10-11,17,22-23H,6,9,12-16,18-19H2,1-2H3,(H,30,33)/t22-,23+/m0/s1. The molecule has 3 aliphatic heterocycles. The predicted molar refractivity (Wildman–Crippen MR) is 142 cm³/mol. The van der Waals surface area contributed by atoms with Gasteiger partial charge in [-0.05, 0) is 43.2 Å². The third-order valence-electron chi connectivity index (χ3n) is 7.79. The molecule has 3 amide bonds. The number of carbonyl (C=O) groups excluding carboxylic acids is 3. The second-order valence-electron chi connectivity index (χ2n) is 10.1. The molecule has 5 rings (SSSR count). The number of rotatable bonds is 7. The Labute approximate surface area is 228 Å². The first-order chi connectivity index (χ1) is 19.0. The number of amides is 3. The molecule has 3 aliphatic rings. The summed E-state index contributed by atoms with van der Waals surface area (Å²) in [6, 6.07) is 13.2. The first kappa shape index (κ1) is 27.0. The highest BCUT2D eigenvalue weighted by Gasteiger charge is 2.54. The maximum atomic E-state index is 13.8. The van der Waals surface area contributed by atoms with Gasteiger partial charge in [-0.1, -0.05) is 18.2 Å². The first-order valence-electron chi connectivity index (χ1n) is 13.4. The van der Waals surface area contributed by atoms with Crippen LogP contribution < -0.4 is 14.8 Å². The van der Waals surface area contributed by atoms with Crippen molar-refractivity contribution in [3.63, 3.8) is 0 Å². The van der Waals surface area contributed by atoms with Gasteiger partial charge in [0.1, 0.15) is 11.8 Å². The summed E-state index contributed by atoms with van der Waals surface area (Å²) in [4.78, 5) is 43.8. The quantitative estimate of drug-likeness (QED) is 0.578.